The largest absolute Gasteiger partial charge is 0.502 e. The van der Waals surface area contributed by atoms with Crippen molar-refractivity contribution >= 4 is 0 Å². The van der Waals surface area contributed by atoms with E-state index >= 15 is 0 Å². The second-order valence-corrected chi connectivity index (χ2v) is 8.16. The van der Waals surface area contributed by atoms with Gasteiger partial charge in [0.1, 0.15) is 0 Å². The molecule has 0 aromatic heterocycles. The Morgan fingerprint density at radius 2 is 1.72 bits per heavy atom. The van der Waals surface area contributed by atoms with Gasteiger partial charge in [0.25, 0.3) is 0 Å². The van der Waals surface area contributed by atoms with Crippen LogP contribution in [0.1, 0.15) is 36.8 Å². The molecule has 158 valence electrons. The van der Waals surface area contributed by atoms with Crippen LogP contribution in [0.4, 0.5) is 0 Å². The number of nitrogens with zero attached hydrogens (tertiary/aromatic N) is 1. The van der Waals surface area contributed by atoms with Crippen LogP contribution in [0.5, 0.6) is 17.2 Å². The molecule has 0 bridgehead atoms. The van der Waals surface area contributed by atoms with Crippen molar-refractivity contribution in [3.63, 3.8) is 0 Å². The highest BCUT2D eigenvalue weighted by atomic mass is 16.5. The van der Waals surface area contributed by atoms with Crippen LogP contribution in [0.3, 0.4) is 0 Å². The fourth-order valence-corrected chi connectivity index (χ4v) is 4.47. The van der Waals surface area contributed by atoms with E-state index in [4.69, 9.17) is 9.47 Å². The lowest BCUT2D eigenvalue weighted by molar-refractivity contribution is 0.0207. The summed E-state index contributed by atoms with van der Waals surface area (Å²) in [4.78, 5) is 2.40. The highest BCUT2D eigenvalue weighted by Crippen LogP contribution is 2.39. The summed E-state index contributed by atoms with van der Waals surface area (Å²) < 4.78 is 10.6. The molecule has 1 fully saturated rings. The van der Waals surface area contributed by atoms with Gasteiger partial charge >= 0.3 is 0 Å². The molecule has 0 amide bonds. The van der Waals surface area contributed by atoms with E-state index in [1.54, 1.807) is 14.2 Å². The van der Waals surface area contributed by atoms with Crippen molar-refractivity contribution in [1.82, 2.24) is 4.90 Å². The van der Waals surface area contributed by atoms with Crippen LogP contribution in [0, 0.1) is 5.41 Å². The van der Waals surface area contributed by atoms with Gasteiger partial charge in [-0.05, 0) is 61.9 Å². The number of aromatic hydroxyl groups is 1. The highest BCUT2D eigenvalue weighted by Gasteiger charge is 2.34. The van der Waals surface area contributed by atoms with Crippen LogP contribution in [0.15, 0.2) is 42.5 Å². The van der Waals surface area contributed by atoms with Crippen molar-refractivity contribution in [3.05, 3.63) is 53.6 Å². The molecular weight excluding hydrogens is 366 g/mol. The third kappa shape index (κ3) is 5.43. The van der Waals surface area contributed by atoms with Gasteiger partial charge in [0.15, 0.2) is 11.5 Å². The fraction of sp³-hybridized carbons (Fsp3) is 0.500. The first-order valence-corrected chi connectivity index (χ1v) is 10.4. The molecular formula is C24H33NO4. The van der Waals surface area contributed by atoms with Gasteiger partial charge in [0.05, 0.1) is 14.2 Å². The minimum atomic E-state index is -0.0435. The lowest BCUT2D eigenvalue weighted by Crippen LogP contribution is -2.45. The number of hydrogen-bond donors (Lipinski definition) is 2. The number of phenolic OH excluding ortho intramolecular Hbond substituents is 1. The summed E-state index contributed by atoms with van der Waals surface area (Å²) in [6.07, 6.45) is 5.31. The molecule has 0 aliphatic carbocycles. The van der Waals surface area contributed by atoms with E-state index in [1.807, 2.05) is 18.2 Å². The van der Waals surface area contributed by atoms with Gasteiger partial charge in [-0.15, -0.1) is 0 Å². The first-order chi connectivity index (χ1) is 14.1. The van der Waals surface area contributed by atoms with E-state index in [1.165, 1.54) is 5.56 Å². The Bertz CT molecular complexity index is 755. The summed E-state index contributed by atoms with van der Waals surface area (Å²) in [7, 11) is 3.09. The zero-order valence-corrected chi connectivity index (χ0v) is 17.6. The summed E-state index contributed by atoms with van der Waals surface area (Å²) in [5.41, 5.74) is 2.35. The van der Waals surface area contributed by atoms with Crippen molar-refractivity contribution in [3.8, 4) is 17.2 Å². The van der Waals surface area contributed by atoms with Crippen molar-refractivity contribution in [1.29, 1.82) is 0 Å². The normalized spacial score (nSPS) is 19.8. The number of phenols is 1. The maximum atomic E-state index is 10.2. The van der Waals surface area contributed by atoms with E-state index in [9.17, 15) is 10.2 Å². The molecule has 5 nitrogen and oxygen atoms in total. The summed E-state index contributed by atoms with van der Waals surface area (Å²) in [6.45, 7) is 2.85. The number of hydrogen-bond acceptors (Lipinski definition) is 5. The van der Waals surface area contributed by atoms with Crippen molar-refractivity contribution < 1.29 is 19.7 Å². The zero-order chi connectivity index (χ0) is 20.7. The Kier molecular flexibility index (Phi) is 7.40. The Morgan fingerprint density at radius 1 is 1.03 bits per heavy atom. The zero-order valence-electron chi connectivity index (χ0n) is 17.6. The molecule has 2 aromatic carbocycles. The van der Waals surface area contributed by atoms with Gasteiger partial charge in [0.2, 0.25) is 5.75 Å². The Hall–Kier alpha value is -2.24. The quantitative estimate of drug-likeness (QED) is 0.667. The highest BCUT2D eigenvalue weighted by molar-refractivity contribution is 5.52. The van der Waals surface area contributed by atoms with E-state index in [2.05, 4.69) is 29.2 Å². The third-order valence-electron chi connectivity index (χ3n) is 6.04. The summed E-state index contributed by atoms with van der Waals surface area (Å²) in [5, 5.41) is 20.4. The second-order valence-electron chi connectivity index (χ2n) is 8.16. The monoisotopic (exact) mass is 399 g/mol. The maximum Gasteiger partial charge on any atom is 0.200 e. The predicted molar refractivity (Wildman–Crippen MR) is 115 cm³/mol. The van der Waals surface area contributed by atoms with Gasteiger partial charge in [0, 0.05) is 25.1 Å². The molecule has 0 saturated carbocycles. The Morgan fingerprint density at radius 3 is 2.34 bits per heavy atom. The molecule has 0 unspecified atom stereocenters. The van der Waals surface area contributed by atoms with Crippen molar-refractivity contribution in [2.75, 3.05) is 33.9 Å². The molecule has 2 aromatic rings. The van der Waals surface area contributed by atoms with Gasteiger partial charge in [-0.25, -0.2) is 0 Å². The molecule has 29 heavy (non-hydrogen) atoms. The number of ether oxygens (including phenoxy) is 2. The van der Waals surface area contributed by atoms with Gasteiger partial charge in [-0.2, -0.15) is 0 Å². The van der Waals surface area contributed by atoms with Crippen LogP contribution in [0.25, 0.3) is 0 Å². The van der Waals surface area contributed by atoms with E-state index < -0.39 is 0 Å². The molecule has 1 aliphatic rings. The number of methoxy groups -OCH3 is 2. The van der Waals surface area contributed by atoms with Crippen LogP contribution in [-0.4, -0.2) is 49.0 Å². The van der Waals surface area contributed by atoms with Crippen LogP contribution in [0.2, 0.25) is 0 Å². The molecule has 5 heteroatoms. The standard InChI is InChI=1S/C24H33NO4/c1-28-21-14-20(15-22(29-2)23(21)27)16-25-13-7-12-24(17-25,18-26)11-6-10-19-8-4-3-5-9-19/h3-5,8-9,14-15,26-27H,6-7,10-13,16-18H2,1-2H3/t24-/m0/s1. The number of aliphatic hydroxyl groups excluding tert-OH is 1. The smallest absolute Gasteiger partial charge is 0.200 e. The predicted octanol–water partition coefficient (Wildman–Crippen LogP) is 4.01. The average Bonchev–Trinajstić information content (AvgIpc) is 2.76. The molecule has 1 saturated heterocycles. The third-order valence-corrected chi connectivity index (χ3v) is 6.04. The minimum Gasteiger partial charge on any atom is -0.502 e. The molecule has 1 atom stereocenters. The number of aliphatic hydroxyl groups is 1. The number of likely N-dealkylation sites (tertiary alicyclic amines) is 1. The van der Waals surface area contributed by atoms with E-state index in [0.29, 0.717) is 11.5 Å². The molecule has 0 spiro atoms. The number of aryl methyl sites for hydroxylation is 1. The molecule has 1 aliphatic heterocycles. The van der Waals surface area contributed by atoms with Crippen LogP contribution >= 0.6 is 0 Å². The lowest BCUT2D eigenvalue weighted by atomic mass is 9.76. The number of benzene rings is 2. The van der Waals surface area contributed by atoms with Crippen LogP contribution < -0.4 is 9.47 Å². The minimum absolute atomic E-state index is 0.0306. The Labute approximate surface area is 173 Å². The van der Waals surface area contributed by atoms with E-state index in [0.717, 1.165) is 57.3 Å². The number of rotatable bonds is 9. The summed E-state index contributed by atoms with van der Waals surface area (Å²) >= 11 is 0. The molecule has 0 radical (unpaired) electrons. The maximum absolute atomic E-state index is 10.2. The average molecular weight is 400 g/mol. The van der Waals surface area contributed by atoms with Crippen molar-refractivity contribution in [2.45, 2.75) is 38.6 Å². The molecule has 1 heterocycles. The molecule has 3 rings (SSSR count). The number of piperidine rings is 1. The topological polar surface area (TPSA) is 62.2 Å². The van der Waals surface area contributed by atoms with Crippen molar-refractivity contribution in [2.24, 2.45) is 5.41 Å². The fourth-order valence-electron chi connectivity index (χ4n) is 4.47. The van der Waals surface area contributed by atoms with Gasteiger partial charge < -0.3 is 19.7 Å². The van der Waals surface area contributed by atoms with Crippen LogP contribution in [-0.2, 0) is 13.0 Å². The first kappa shape index (κ1) is 21.5. The first-order valence-electron chi connectivity index (χ1n) is 10.4. The summed E-state index contributed by atoms with van der Waals surface area (Å²) in [6, 6.07) is 14.3. The van der Waals surface area contributed by atoms with Gasteiger partial charge in [-0.3, -0.25) is 4.90 Å². The second kappa shape index (κ2) is 9.99. The Balaban J connectivity index is 1.64. The summed E-state index contributed by atoms with van der Waals surface area (Å²) in [5.74, 6) is 0.878. The molecule has 2 N–H and O–H groups in total. The van der Waals surface area contributed by atoms with E-state index in [-0.39, 0.29) is 17.8 Å². The lowest BCUT2D eigenvalue weighted by Gasteiger charge is -2.42. The SMILES string of the molecule is COc1cc(CN2CCC[C@@](CO)(CCCc3ccccc3)C2)cc(OC)c1O. The van der Waals surface area contributed by atoms with Gasteiger partial charge in [-0.1, -0.05) is 30.3 Å².